The lowest BCUT2D eigenvalue weighted by Crippen LogP contribution is -2.43. The van der Waals surface area contributed by atoms with E-state index in [1.165, 1.54) is 25.0 Å². The van der Waals surface area contributed by atoms with Gasteiger partial charge in [-0.15, -0.1) is 0 Å². The summed E-state index contributed by atoms with van der Waals surface area (Å²) in [5.41, 5.74) is 2.33. The Bertz CT molecular complexity index is 338. The number of aryl methyl sites for hydroxylation is 1. The average molecular weight is 218 g/mol. The summed E-state index contributed by atoms with van der Waals surface area (Å²) in [6.45, 7) is 7.74. The van der Waals surface area contributed by atoms with Gasteiger partial charge in [0.25, 0.3) is 0 Å². The Labute approximate surface area is 98.7 Å². The second-order valence-electron chi connectivity index (χ2n) is 5.07. The maximum absolute atomic E-state index is 4.59. The van der Waals surface area contributed by atoms with Gasteiger partial charge in [-0.05, 0) is 45.7 Å². The third-order valence-electron chi connectivity index (χ3n) is 3.67. The Morgan fingerprint density at radius 2 is 1.94 bits per heavy atom. The molecule has 0 unspecified atom stereocenters. The summed E-state index contributed by atoms with van der Waals surface area (Å²) in [6.07, 6.45) is 4.03. The van der Waals surface area contributed by atoms with E-state index in [0.29, 0.717) is 12.1 Å². The van der Waals surface area contributed by atoms with Crippen molar-refractivity contribution in [3.8, 4) is 0 Å². The molecule has 88 valence electrons. The smallest absolute Gasteiger partial charge is 0.0547 e. The van der Waals surface area contributed by atoms with E-state index >= 15 is 0 Å². The molecule has 1 fully saturated rings. The molecule has 0 aliphatic carbocycles. The van der Waals surface area contributed by atoms with Gasteiger partial charge in [0, 0.05) is 24.3 Å². The summed E-state index contributed by atoms with van der Waals surface area (Å²) in [6, 6.07) is 7.71. The third-order valence-corrected chi connectivity index (χ3v) is 3.67. The number of piperidine rings is 1. The van der Waals surface area contributed by atoms with Gasteiger partial charge in [-0.2, -0.15) is 0 Å². The van der Waals surface area contributed by atoms with Crippen LogP contribution in [0.5, 0.6) is 0 Å². The molecule has 2 rings (SSSR count). The summed E-state index contributed by atoms with van der Waals surface area (Å²) < 4.78 is 0. The van der Waals surface area contributed by atoms with Crippen molar-refractivity contribution in [3.05, 3.63) is 29.6 Å². The Hall–Kier alpha value is -0.890. The molecule has 0 radical (unpaired) electrons. The van der Waals surface area contributed by atoms with Crippen LogP contribution in [0.15, 0.2) is 18.2 Å². The van der Waals surface area contributed by atoms with E-state index in [9.17, 15) is 0 Å². The van der Waals surface area contributed by atoms with Crippen LogP contribution in [-0.2, 0) is 6.54 Å². The molecule has 2 nitrogen and oxygen atoms in total. The Kier molecular flexibility index (Phi) is 3.59. The fraction of sp³-hybridized carbons (Fsp3) is 0.643. The molecule has 2 atom stereocenters. The number of hydrogen-bond donors (Lipinski definition) is 0. The lowest BCUT2D eigenvalue weighted by atomic mass is 9.97. The van der Waals surface area contributed by atoms with Crippen molar-refractivity contribution >= 4 is 0 Å². The average Bonchev–Trinajstić information content (AvgIpc) is 2.24. The van der Waals surface area contributed by atoms with Crippen molar-refractivity contribution in [2.45, 2.75) is 58.7 Å². The van der Waals surface area contributed by atoms with E-state index in [1.807, 2.05) is 0 Å². The van der Waals surface area contributed by atoms with Crippen molar-refractivity contribution in [3.63, 3.8) is 0 Å². The maximum atomic E-state index is 4.59. The van der Waals surface area contributed by atoms with E-state index < -0.39 is 0 Å². The molecule has 0 bridgehead atoms. The third kappa shape index (κ3) is 2.62. The van der Waals surface area contributed by atoms with Crippen molar-refractivity contribution in [1.29, 1.82) is 0 Å². The Morgan fingerprint density at radius 1 is 1.25 bits per heavy atom. The van der Waals surface area contributed by atoms with Gasteiger partial charge in [0.05, 0.1) is 5.69 Å². The molecular formula is C14H22N2. The standard InChI is InChI=1S/C14H22N2/c1-11-6-4-9-14(15-11)10-16-12(2)7-5-8-13(16)3/h4,6,9,12-13H,5,7-8,10H2,1-3H3/t12-,13+. The summed E-state index contributed by atoms with van der Waals surface area (Å²) in [5.74, 6) is 0. The fourth-order valence-electron chi connectivity index (χ4n) is 2.66. The molecule has 1 aromatic rings. The zero-order valence-electron chi connectivity index (χ0n) is 10.6. The molecule has 2 heteroatoms. The molecule has 1 saturated heterocycles. The molecule has 1 aliphatic rings. The summed E-state index contributed by atoms with van der Waals surface area (Å²) in [5, 5.41) is 0. The molecule has 1 aliphatic heterocycles. The SMILES string of the molecule is Cc1cccc(CN2[C@H](C)CCC[C@@H]2C)n1. The van der Waals surface area contributed by atoms with Gasteiger partial charge in [0.2, 0.25) is 0 Å². The molecule has 0 spiro atoms. The van der Waals surface area contributed by atoms with Crippen LogP contribution in [0.1, 0.15) is 44.5 Å². The minimum absolute atomic E-state index is 0.700. The van der Waals surface area contributed by atoms with Crippen LogP contribution in [0, 0.1) is 6.92 Å². The number of aromatic nitrogens is 1. The predicted octanol–water partition coefficient (Wildman–Crippen LogP) is 3.15. The first-order valence-corrected chi connectivity index (χ1v) is 6.35. The lowest BCUT2D eigenvalue weighted by Gasteiger charge is -2.38. The van der Waals surface area contributed by atoms with E-state index in [-0.39, 0.29) is 0 Å². The largest absolute Gasteiger partial charge is 0.292 e. The minimum atomic E-state index is 0.700. The molecule has 0 saturated carbocycles. The highest BCUT2D eigenvalue weighted by molar-refractivity contribution is 5.10. The van der Waals surface area contributed by atoms with E-state index in [2.05, 4.69) is 48.9 Å². The lowest BCUT2D eigenvalue weighted by molar-refractivity contribution is 0.0938. The van der Waals surface area contributed by atoms with Crippen LogP contribution in [0.3, 0.4) is 0 Å². The highest BCUT2D eigenvalue weighted by atomic mass is 15.2. The quantitative estimate of drug-likeness (QED) is 0.758. The van der Waals surface area contributed by atoms with Crippen LogP contribution in [0.2, 0.25) is 0 Å². The monoisotopic (exact) mass is 218 g/mol. The van der Waals surface area contributed by atoms with E-state index in [0.717, 1.165) is 12.2 Å². The highest BCUT2D eigenvalue weighted by Crippen LogP contribution is 2.23. The zero-order chi connectivity index (χ0) is 11.5. The first-order chi connectivity index (χ1) is 7.66. The van der Waals surface area contributed by atoms with Gasteiger partial charge in [0.1, 0.15) is 0 Å². The zero-order valence-corrected chi connectivity index (χ0v) is 10.6. The number of rotatable bonds is 2. The van der Waals surface area contributed by atoms with Crippen LogP contribution in [-0.4, -0.2) is 22.0 Å². The second-order valence-corrected chi connectivity index (χ2v) is 5.07. The van der Waals surface area contributed by atoms with Gasteiger partial charge < -0.3 is 0 Å². The Balaban J connectivity index is 2.07. The number of hydrogen-bond acceptors (Lipinski definition) is 2. The van der Waals surface area contributed by atoms with Crippen LogP contribution in [0.25, 0.3) is 0 Å². The topological polar surface area (TPSA) is 16.1 Å². The van der Waals surface area contributed by atoms with Gasteiger partial charge in [0.15, 0.2) is 0 Å². The molecule has 1 aromatic heterocycles. The van der Waals surface area contributed by atoms with Crippen LogP contribution < -0.4 is 0 Å². The normalized spacial score (nSPS) is 26.9. The molecule has 0 aromatic carbocycles. The molecule has 16 heavy (non-hydrogen) atoms. The Morgan fingerprint density at radius 3 is 2.56 bits per heavy atom. The fourth-order valence-corrected chi connectivity index (χ4v) is 2.66. The van der Waals surface area contributed by atoms with E-state index in [4.69, 9.17) is 0 Å². The van der Waals surface area contributed by atoms with Crippen molar-refractivity contribution < 1.29 is 0 Å². The number of pyridine rings is 1. The van der Waals surface area contributed by atoms with Crippen LogP contribution in [0.4, 0.5) is 0 Å². The van der Waals surface area contributed by atoms with Crippen LogP contribution >= 0.6 is 0 Å². The van der Waals surface area contributed by atoms with Gasteiger partial charge in [-0.1, -0.05) is 12.5 Å². The highest BCUT2D eigenvalue weighted by Gasteiger charge is 2.24. The number of nitrogens with zero attached hydrogens (tertiary/aromatic N) is 2. The maximum Gasteiger partial charge on any atom is 0.0547 e. The molecular weight excluding hydrogens is 196 g/mol. The van der Waals surface area contributed by atoms with Crippen molar-refractivity contribution in [2.75, 3.05) is 0 Å². The summed E-state index contributed by atoms with van der Waals surface area (Å²) >= 11 is 0. The molecule has 2 heterocycles. The van der Waals surface area contributed by atoms with Crippen molar-refractivity contribution in [2.24, 2.45) is 0 Å². The first-order valence-electron chi connectivity index (χ1n) is 6.35. The van der Waals surface area contributed by atoms with Gasteiger partial charge >= 0.3 is 0 Å². The van der Waals surface area contributed by atoms with Gasteiger partial charge in [-0.25, -0.2) is 0 Å². The minimum Gasteiger partial charge on any atom is -0.292 e. The van der Waals surface area contributed by atoms with Gasteiger partial charge in [-0.3, -0.25) is 9.88 Å². The van der Waals surface area contributed by atoms with Crippen molar-refractivity contribution in [1.82, 2.24) is 9.88 Å². The number of likely N-dealkylation sites (tertiary alicyclic amines) is 1. The second kappa shape index (κ2) is 4.96. The molecule has 0 N–H and O–H groups in total. The summed E-state index contributed by atoms with van der Waals surface area (Å²) in [7, 11) is 0. The predicted molar refractivity (Wildman–Crippen MR) is 67.3 cm³/mol. The molecule has 0 amide bonds. The van der Waals surface area contributed by atoms with E-state index in [1.54, 1.807) is 0 Å². The summed E-state index contributed by atoms with van der Waals surface area (Å²) in [4.78, 5) is 7.18. The first kappa shape index (κ1) is 11.6.